The van der Waals surface area contributed by atoms with Crippen molar-refractivity contribution < 1.29 is 32.5 Å². The molecule has 0 saturated carbocycles. The van der Waals surface area contributed by atoms with Gasteiger partial charge in [-0.2, -0.15) is 13.2 Å². The third kappa shape index (κ3) is 4.82. The van der Waals surface area contributed by atoms with Gasteiger partial charge in [-0.25, -0.2) is 4.79 Å². The molecule has 128 valence electrons. The summed E-state index contributed by atoms with van der Waals surface area (Å²) in [5, 5.41) is 7.12. The van der Waals surface area contributed by atoms with Gasteiger partial charge in [0.15, 0.2) is 0 Å². The van der Waals surface area contributed by atoms with Crippen LogP contribution in [0, 0.1) is 11.3 Å². The molecule has 1 atom stereocenters. The van der Waals surface area contributed by atoms with Gasteiger partial charge in [-0.05, 0) is 38.3 Å². The standard InChI is InChI=1S/C12H21NO2.C2HF3O2/c1-6-14-8-11(1)7-13-4-2-12(3-5-13)9-15-10-12;3-2(4,5)1(6)7/h11H,1-10H2;(H,6,7). The summed E-state index contributed by atoms with van der Waals surface area (Å²) in [6.45, 7) is 7.83. The van der Waals surface area contributed by atoms with Crippen molar-refractivity contribution in [1.82, 2.24) is 4.90 Å². The molecule has 1 unspecified atom stereocenters. The molecule has 0 amide bonds. The number of carbonyl (C=O) groups is 1. The minimum absolute atomic E-state index is 0.586. The van der Waals surface area contributed by atoms with Gasteiger partial charge in [0.25, 0.3) is 0 Å². The SMILES string of the molecule is C1CC(CN2CCC3(CC2)COC3)CO1.O=C(O)C(F)(F)F. The van der Waals surface area contributed by atoms with Gasteiger partial charge in [-0.3, -0.25) is 0 Å². The van der Waals surface area contributed by atoms with E-state index in [0.29, 0.717) is 5.41 Å². The Bertz CT molecular complexity index is 369. The lowest BCUT2D eigenvalue weighted by Crippen LogP contribution is -2.51. The maximum atomic E-state index is 10.6. The van der Waals surface area contributed by atoms with E-state index in [1.165, 1.54) is 38.9 Å². The van der Waals surface area contributed by atoms with Crippen molar-refractivity contribution in [1.29, 1.82) is 0 Å². The van der Waals surface area contributed by atoms with Crippen LogP contribution >= 0.6 is 0 Å². The van der Waals surface area contributed by atoms with E-state index < -0.39 is 12.1 Å². The van der Waals surface area contributed by atoms with Gasteiger partial charge in [0.2, 0.25) is 0 Å². The first-order valence-electron chi connectivity index (χ1n) is 7.49. The maximum absolute atomic E-state index is 10.6. The van der Waals surface area contributed by atoms with Crippen LogP contribution in [0.5, 0.6) is 0 Å². The first kappa shape index (κ1) is 17.5. The lowest BCUT2D eigenvalue weighted by Gasteiger charge is -2.47. The summed E-state index contributed by atoms with van der Waals surface area (Å²) in [6.07, 6.45) is -1.12. The fourth-order valence-electron chi connectivity index (χ4n) is 2.98. The molecular weight excluding hydrogens is 303 g/mol. The molecule has 8 heteroatoms. The van der Waals surface area contributed by atoms with Crippen LogP contribution in [0.15, 0.2) is 0 Å². The van der Waals surface area contributed by atoms with Crippen molar-refractivity contribution in [3.63, 3.8) is 0 Å². The van der Waals surface area contributed by atoms with Crippen LogP contribution in [0.25, 0.3) is 0 Å². The number of alkyl halides is 3. The van der Waals surface area contributed by atoms with Crippen LogP contribution < -0.4 is 0 Å². The first-order valence-corrected chi connectivity index (χ1v) is 7.49. The lowest BCUT2D eigenvalue weighted by atomic mass is 9.76. The second kappa shape index (κ2) is 7.14. The number of hydrogen-bond acceptors (Lipinski definition) is 4. The number of rotatable bonds is 2. The van der Waals surface area contributed by atoms with Gasteiger partial charge in [-0.15, -0.1) is 0 Å². The van der Waals surface area contributed by atoms with Gasteiger partial charge in [-0.1, -0.05) is 0 Å². The summed E-state index contributed by atoms with van der Waals surface area (Å²) in [7, 11) is 0. The van der Waals surface area contributed by atoms with Crippen molar-refractivity contribution >= 4 is 5.97 Å². The van der Waals surface area contributed by atoms with E-state index in [2.05, 4.69) is 4.90 Å². The van der Waals surface area contributed by atoms with Crippen molar-refractivity contribution in [2.45, 2.75) is 25.4 Å². The molecule has 1 spiro atoms. The lowest BCUT2D eigenvalue weighted by molar-refractivity contribution is -0.192. The quantitative estimate of drug-likeness (QED) is 0.838. The Kier molecular flexibility index (Phi) is 5.68. The highest BCUT2D eigenvalue weighted by Gasteiger charge is 2.41. The summed E-state index contributed by atoms with van der Waals surface area (Å²) in [4.78, 5) is 11.5. The smallest absolute Gasteiger partial charge is 0.475 e. The zero-order valence-corrected chi connectivity index (χ0v) is 12.4. The van der Waals surface area contributed by atoms with Gasteiger partial charge >= 0.3 is 12.1 Å². The molecule has 0 aliphatic carbocycles. The summed E-state index contributed by atoms with van der Waals surface area (Å²) in [6, 6.07) is 0. The molecule has 3 aliphatic rings. The number of nitrogens with zero attached hydrogens (tertiary/aromatic N) is 1. The van der Waals surface area contributed by atoms with E-state index in [1.54, 1.807) is 0 Å². The minimum Gasteiger partial charge on any atom is -0.475 e. The highest BCUT2D eigenvalue weighted by atomic mass is 19.4. The molecule has 3 rings (SSSR count). The Labute approximate surface area is 127 Å². The van der Waals surface area contributed by atoms with Crippen LogP contribution in [-0.2, 0) is 14.3 Å². The zero-order valence-electron chi connectivity index (χ0n) is 12.4. The van der Waals surface area contributed by atoms with Crippen LogP contribution in [0.1, 0.15) is 19.3 Å². The van der Waals surface area contributed by atoms with Crippen molar-refractivity contribution in [3.05, 3.63) is 0 Å². The van der Waals surface area contributed by atoms with Crippen molar-refractivity contribution in [2.75, 3.05) is 46.1 Å². The third-order valence-corrected chi connectivity index (χ3v) is 4.52. The van der Waals surface area contributed by atoms with E-state index in [9.17, 15) is 13.2 Å². The van der Waals surface area contributed by atoms with Crippen LogP contribution in [-0.4, -0.2) is 68.2 Å². The molecule has 0 aromatic heterocycles. The molecule has 0 radical (unpaired) electrons. The second-order valence-electron chi connectivity index (χ2n) is 6.33. The van der Waals surface area contributed by atoms with Crippen LogP contribution in [0.3, 0.4) is 0 Å². The van der Waals surface area contributed by atoms with E-state index >= 15 is 0 Å². The number of carboxylic acid groups (broad SMARTS) is 1. The summed E-state index contributed by atoms with van der Waals surface area (Å²) < 4.78 is 42.5. The number of carboxylic acids is 1. The monoisotopic (exact) mass is 325 g/mol. The van der Waals surface area contributed by atoms with Crippen molar-refractivity contribution in [2.24, 2.45) is 11.3 Å². The molecule has 3 aliphatic heterocycles. The fourth-order valence-corrected chi connectivity index (χ4v) is 2.98. The van der Waals surface area contributed by atoms with Crippen LogP contribution in [0.4, 0.5) is 13.2 Å². The number of piperidine rings is 1. The molecule has 3 fully saturated rings. The van der Waals surface area contributed by atoms with Gasteiger partial charge < -0.3 is 19.5 Å². The molecule has 3 saturated heterocycles. The maximum Gasteiger partial charge on any atom is 0.490 e. The highest BCUT2D eigenvalue weighted by Crippen LogP contribution is 2.38. The number of halogens is 3. The number of hydrogen-bond donors (Lipinski definition) is 1. The average molecular weight is 325 g/mol. The Morgan fingerprint density at radius 1 is 1.23 bits per heavy atom. The molecular formula is C14H22F3NO4. The normalized spacial score (nSPS) is 27.9. The Hall–Kier alpha value is -0.860. The number of likely N-dealkylation sites (tertiary alicyclic amines) is 1. The summed E-state index contributed by atoms with van der Waals surface area (Å²) in [5.41, 5.74) is 0.586. The van der Waals surface area contributed by atoms with Gasteiger partial charge in [0.05, 0.1) is 19.8 Å². The Morgan fingerprint density at radius 2 is 1.82 bits per heavy atom. The predicted octanol–water partition coefficient (Wildman–Crippen LogP) is 1.77. The Morgan fingerprint density at radius 3 is 2.18 bits per heavy atom. The van der Waals surface area contributed by atoms with E-state index in [1.807, 2.05) is 0 Å². The topological polar surface area (TPSA) is 59.0 Å². The second-order valence-corrected chi connectivity index (χ2v) is 6.33. The Balaban J connectivity index is 0.000000217. The van der Waals surface area contributed by atoms with Crippen molar-refractivity contribution in [3.8, 4) is 0 Å². The van der Waals surface area contributed by atoms with Gasteiger partial charge in [0.1, 0.15) is 0 Å². The van der Waals surface area contributed by atoms with Crippen LogP contribution in [0.2, 0.25) is 0 Å². The molecule has 5 nitrogen and oxygen atoms in total. The first-order chi connectivity index (χ1) is 10.3. The summed E-state index contributed by atoms with van der Waals surface area (Å²) in [5.74, 6) is -1.95. The third-order valence-electron chi connectivity index (χ3n) is 4.52. The van der Waals surface area contributed by atoms with E-state index in [4.69, 9.17) is 19.4 Å². The molecule has 1 N–H and O–H groups in total. The minimum atomic E-state index is -5.08. The van der Waals surface area contributed by atoms with Gasteiger partial charge in [0, 0.05) is 18.6 Å². The fraction of sp³-hybridized carbons (Fsp3) is 0.929. The van der Waals surface area contributed by atoms with E-state index in [-0.39, 0.29) is 0 Å². The highest BCUT2D eigenvalue weighted by molar-refractivity contribution is 5.73. The summed E-state index contributed by atoms with van der Waals surface area (Å²) >= 11 is 0. The molecule has 22 heavy (non-hydrogen) atoms. The molecule has 0 aromatic carbocycles. The predicted molar refractivity (Wildman–Crippen MR) is 71.5 cm³/mol. The number of ether oxygens (including phenoxy) is 2. The number of aliphatic carboxylic acids is 1. The average Bonchev–Trinajstić information content (AvgIpc) is 2.90. The molecule has 0 aromatic rings. The zero-order chi connectivity index (χ0) is 16.2. The van der Waals surface area contributed by atoms with E-state index in [0.717, 1.165) is 32.3 Å². The largest absolute Gasteiger partial charge is 0.490 e. The molecule has 0 bridgehead atoms. The molecule has 3 heterocycles.